The molecule has 290 valence electrons. The Labute approximate surface area is 322 Å². The molecule has 0 saturated heterocycles. The van der Waals surface area contributed by atoms with Gasteiger partial charge in [0.05, 0.1) is 24.4 Å². The molecule has 6 fully saturated rings. The lowest BCUT2D eigenvalue weighted by Crippen LogP contribution is -2.67. The fraction of sp³-hybridized carbons (Fsp3) is 0.646. The summed E-state index contributed by atoms with van der Waals surface area (Å²) in [5, 5.41) is 45.3. The molecule has 6 heteroatoms. The maximum Gasteiger partial charge on any atom is 0.190 e. The van der Waals surface area contributed by atoms with Crippen LogP contribution in [0.2, 0.25) is 0 Å². The summed E-state index contributed by atoms with van der Waals surface area (Å²) in [6, 6.07) is 18.3. The smallest absolute Gasteiger partial charge is 0.190 e. The predicted octanol–water partition coefficient (Wildman–Crippen LogP) is 7.85. The van der Waals surface area contributed by atoms with Crippen molar-refractivity contribution < 1.29 is 25.2 Å². The van der Waals surface area contributed by atoms with Gasteiger partial charge in [-0.15, -0.1) is 0 Å². The third kappa shape index (κ3) is 5.05. The topological polar surface area (TPSA) is 101 Å². The first kappa shape index (κ1) is 37.0. The fourth-order valence-electron chi connectivity index (χ4n) is 14.7. The predicted molar refractivity (Wildman–Crippen MR) is 212 cm³/mol. The molecule has 11 rings (SSSR count). The van der Waals surface area contributed by atoms with Crippen LogP contribution in [0.3, 0.4) is 0 Å². The molecule has 1 unspecified atom stereocenters. The fourth-order valence-corrected chi connectivity index (χ4v) is 14.7. The maximum absolute atomic E-state index is 15.5. The van der Waals surface area contributed by atoms with E-state index in [2.05, 4.69) is 69.0 Å². The number of aliphatic hydroxyl groups is 4. The van der Waals surface area contributed by atoms with Gasteiger partial charge >= 0.3 is 0 Å². The SMILES string of the molecule is CC1(C)[C@H]2CC[C@@H](CN(C[C@H](O)CO)C[C@]3(O)CC[C@H]4[C@]56C=C[C@@]7(C=C5C(=O)c5ccccc5-c5ccccc5)CC(O)CC[C@]7(C)[C@H]6CC[C@@]43C)[C@@H]1C2. The lowest BCUT2D eigenvalue weighted by molar-refractivity contribution is -0.179. The second kappa shape index (κ2) is 12.7. The molecule has 0 radical (unpaired) electrons. The summed E-state index contributed by atoms with van der Waals surface area (Å²) in [5.74, 6) is 2.33. The Bertz CT molecular complexity index is 1850. The lowest BCUT2D eigenvalue weighted by Gasteiger charge is -2.71. The zero-order valence-electron chi connectivity index (χ0n) is 33.0. The van der Waals surface area contributed by atoms with Gasteiger partial charge in [0.15, 0.2) is 5.78 Å². The minimum Gasteiger partial charge on any atom is -0.394 e. The summed E-state index contributed by atoms with van der Waals surface area (Å²) in [7, 11) is 0. The van der Waals surface area contributed by atoms with Gasteiger partial charge in [-0.2, -0.15) is 0 Å². The number of hydrogen-bond acceptors (Lipinski definition) is 6. The summed E-state index contributed by atoms with van der Waals surface area (Å²) in [6.07, 6.45) is 15.2. The van der Waals surface area contributed by atoms with Crippen LogP contribution in [0.4, 0.5) is 0 Å². The molecular weight excluding hydrogens is 671 g/mol. The van der Waals surface area contributed by atoms with Gasteiger partial charge in [0.25, 0.3) is 0 Å². The van der Waals surface area contributed by atoms with Gasteiger partial charge in [-0.1, -0.05) is 101 Å². The molecular formula is C48H63NO5. The molecule has 0 amide bonds. The molecule has 4 bridgehead atoms. The number of aliphatic hydroxyl groups excluding tert-OH is 3. The molecule has 9 aliphatic rings. The summed E-state index contributed by atoms with van der Waals surface area (Å²) in [5.41, 5.74) is 1.38. The first-order chi connectivity index (χ1) is 25.7. The minimum atomic E-state index is -1.02. The van der Waals surface area contributed by atoms with Crippen LogP contribution >= 0.6 is 0 Å². The van der Waals surface area contributed by atoms with Gasteiger partial charge in [-0.3, -0.25) is 9.69 Å². The van der Waals surface area contributed by atoms with Gasteiger partial charge in [-0.25, -0.2) is 0 Å². The third-order valence-electron chi connectivity index (χ3n) is 17.9. The van der Waals surface area contributed by atoms with E-state index in [0.717, 1.165) is 66.8 Å². The van der Waals surface area contributed by atoms with Crippen LogP contribution in [-0.2, 0) is 0 Å². The van der Waals surface area contributed by atoms with Crippen molar-refractivity contribution in [2.75, 3.05) is 26.2 Å². The number of benzene rings is 2. The second-order valence-corrected chi connectivity index (χ2v) is 20.3. The molecule has 6 nitrogen and oxygen atoms in total. The molecule has 0 heterocycles. The Morgan fingerprint density at radius 1 is 0.870 bits per heavy atom. The van der Waals surface area contributed by atoms with Crippen LogP contribution in [0, 0.1) is 56.7 Å². The van der Waals surface area contributed by atoms with E-state index >= 15 is 4.79 Å². The highest BCUT2D eigenvalue weighted by molar-refractivity contribution is 6.14. The van der Waals surface area contributed by atoms with E-state index in [9.17, 15) is 20.4 Å². The Balaban J connectivity index is 1.11. The van der Waals surface area contributed by atoms with E-state index in [0.29, 0.717) is 43.2 Å². The average Bonchev–Trinajstić information content (AvgIpc) is 3.44. The van der Waals surface area contributed by atoms with Crippen molar-refractivity contribution in [1.29, 1.82) is 0 Å². The molecule has 2 aromatic carbocycles. The van der Waals surface area contributed by atoms with Crippen LogP contribution in [0.5, 0.6) is 0 Å². The van der Waals surface area contributed by atoms with Crippen LogP contribution < -0.4 is 0 Å². The van der Waals surface area contributed by atoms with E-state index in [1.54, 1.807) is 0 Å². The Kier molecular flexibility index (Phi) is 8.70. The largest absolute Gasteiger partial charge is 0.394 e. The average molecular weight is 734 g/mol. The number of carbonyl (C=O) groups excluding carboxylic acids is 1. The zero-order chi connectivity index (χ0) is 37.9. The van der Waals surface area contributed by atoms with Crippen LogP contribution in [0.15, 0.2) is 78.4 Å². The van der Waals surface area contributed by atoms with Crippen molar-refractivity contribution in [3.05, 3.63) is 84.0 Å². The summed E-state index contributed by atoms with van der Waals surface area (Å²) in [6.45, 7) is 11.0. The first-order valence-corrected chi connectivity index (χ1v) is 21.3. The van der Waals surface area contributed by atoms with Crippen molar-refractivity contribution >= 4 is 5.78 Å². The maximum atomic E-state index is 15.5. The number of ketones is 1. The first-order valence-electron chi connectivity index (χ1n) is 21.3. The Morgan fingerprint density at radius 2 is 1.57 bits per heavy atom. The van der Waals surface area contributed by atoms with Crippen LogP contribution in [0.25, 0.3) is 11.1 Å². The summed E-state index contributed by atoms with van der Waals surface area (Å²) in [4.78, 5) is 17.8. The van der Waals surface area contributed by atoms with E-state index in [1.165, 1.54) is 19.3 Å². The van der Waals surface area contributed by atoms with E-state index in [-0.39, 0.29) is 29.6 Å². The quantitative estimate of drug-likeness (QED) is 0.147. The molecule has 9 aliphatic carbocycles. The van der Waals surface area contributed by atoms with Crippen molar-refractivity contribution in [3.63, 3.8) is 0 Å². The third-order valence-corrected chi connectivity index (χ3v) is 17.9. The normalized spacial score (nSPS) is 43.1. The monoisotopic (exact) mass is 733 g/mol. The lowest BCUT2D eigenvalue weighted by atomic mass is 9.32. The van der Waals surface area contributed by atoms with Gasteiger partial charge in [0.2, 0.25) is 0 Å². The van der Waals surface area contributed by atoms with E-state index in [1.807, 2.05) is 36.4 Å². The van der Waals surface area contributed by atoms with Gasteiger partial charge < -0.3 is 20.4 Å². The summed E-state index contributed by atoms with van der Waals surface area (Å²) >= 11 is 0. The highest BCUT2D eigenvalue weighted by Crippen LogP contribution is 2.78. The highest BCUT2D eigenvalue weighted by atomic mass is 16.3. The van der Waals surface area contributed by atoms with Crippen LogP contribution in [0.1, 0.15) is 102 Å². The molecule has 2 aromatic rings. The second-order valence-electron chi connectivity index (χ2n) is 20.3. The number of allylic oxidation sites excluding steroid dienone is 4. The highest BCUT2D eigenvalue weighted by Gasteiger charge is 2.74. The number of fused-ring (bicyclic) bond motifs is 3. The van der Waals surface area contributed by atoms with Gasteiger partial charge in [0.1, 0.15) is 0 Å². The number of carbonyl (C=O) groups is 1. The number of rotatable bonds is 10. The number of hydrogen-bond donors (Lipinski definition) is 4. The zero-order valence-corrected chi connectivity index (χ0v) is 33.0. The molecule has 6 saturated carbocycles. The van der Waals surface area contributed by atoms with Crippen molar-refractivity contribution in [1.82, 2.24) is 4.90 Å². The Morgan fingerprint density at radius 3 is 2.31 bits per heavy atom. The standard InChI is InChI=1S/C48H63NO5/c1-43(2)33-15-14-32(38(43)24-33)27-49(28-35(52)29-50)30-47(54)21-18-41-45(47,4)20-17-40-44(3)19-16-34(51)25-46(44)22-23-48(40,41)39(26-46)42(53)37-13-9-8-12-36(37)31-10-6-5-7-11-31/h5-13,22-23,26,32-35,38,40-41,50-52,54H,14-21,24-25,27-30H2,1-4H3/t32-,33-,34?,35-,38-,40+,41+,44+,45-,46-,47+,48+/m0/s1. The Hall–Kier alpha value is -2.61. The molecule has 0 aliphatic heterocycles. The van der Waals surface area contributed by atoms with Crippen LogP contribution in [-0.4, -0.2) is 75.2 Å². The van der Waals surface area contributed by atoms with Gasteiger partial charge in [0, 0.05) is 47.0 Å². The van der Waals surface area contributed by atoms with Crippen molar-refractivity contribution in [2.24, 2.45) is 56.7 Å². The minimum absolute atomic E-state index is 0.0525. The van der Waals surface area contributed by atoms with E-state index < -0.39 is 34.1 Å². The van der Waals surface area contributed by atoms with E-state index in [4.69, 9.17) is 0 Å². The summed E-state index contributed by atoms with van der Waals surface area (Å²) < 4.78 is 0. The molecule has 4 N–H and O–H groups in total. The van der Waals surface area contributed by atoms with Gasteiger partial charge in [-0.05, 0) is 116 Å². The van der Waals surface area contributed by atoms with Crippen molar-refractivity contribution in [3.8, 4) is 11.1 Å². The molecule has 2 spiro atoms. The molecule has 0 aromatic heterocycles. The molecule has 54 heavy (non-hydrogen) atoms. The number of Topliss-reactive ketones (excluding diaryl/α,β-unsaturated/α-hetero) is 1. The number of nitrogens with zero attached hydrogens (tertiary/aromatic N) is 1. The molecule has 12 atom stereocenters. The van der Waals surface area contributed by atoms with Crippen molar-refractivity contribution in [2.45, 2.75) is 110 Å².